The largest absolute Gasteiger partial charge is 0.309 e. The number of rotatable bonds is 3. The third-order valence-electron chi connectivity index (χ3n) is 3.99. The summed E-state index contributed by atoms with van der Waals surface area (Å²) in [5.41, 5.74) is 1.43. The Kier molecular flexibility index (Phi) is 4.23. The fourth-order valence-electron chi connectivity index (χ4n) is 2.46. The summed E-state index contributed by atoms with van der Waals surface area (Å²) < 4.78 is 0. The van der Waals surface area contributed by atoms with Gasteiger partial charge in [0, 0.05) is 28.4 Å². The van der Waals surface area contributed by atoms with Gasteiger partial charge in [-0.25, -0.2) is 0 Å². The molecular weight excluding hydrogens is 228 g/mol. The van der Waals surface area contributed by atoms with E-state index >= 15 is 0 Å². The first kappa shape index (κ1) is 13.1. The van der Waals surface area contributed by atoms with E-state index in [0.29, 0.717) is 12.1 Å². The Morgan fingerprint density at radius 2 is 2.24 bits per heavy atom. The first-order valence-corrected chi connectivity index (χ1v) is 7.37. The van der Waals surface area contributed by atoms with Crippen molar-refractivity contribution in [3.63, 3.8) is 0 Å². The normalized spacial score (nSPS) is 26.4. The van der Waals surface area contributed by atoms with Gasteiger partial charge in [-0.3, -0.25) is 0 Å². The molecule has 2 atom stereocenters. The van der Waals surface area contributed by atoms with Crippen molar-refractivity contribution in [2.45, 2.75) is 52.2 Å². The van der Waals surface area contributed by atoms with E-state index in [0.717, 1.165) is 6.54 Å². The number of thiophene rings is 1. The highest BCUT2D eigenvalue weighted by Crippen LogP contribution is 2.21. The SMILES string of the molecule is Cc1cc(CNC2CCN(C)C(C)C2)sc1C. The number of piperidine rings is 1. The molecular formula is C14H24N2S. The zero-order chi connectivity index (χ0) is 12.4. The molecule has 0 saturated carbocycles. The van der Waals surface area contributed by atoms with E-state index in [9.17, 15) is 0 Å². The van der Waals surface area contributed by atoms with Gasteiger partial charge in [0.1, 0.15) is 0 Å². The lowest BCUT2D eigenvalue weighted by atomic mass is 9.99. The summed E-state index contributed by atoms with van der Waals surface area (Å²) in [6.07, 6.45) is 2.56. The lowest BCUT2D eigenvalue weighted by molar-refractivity contribution is 0.168. The molecule has 1 aromatic heterocycles. The maximum atomic E-state index is 3.71. The molecule has 1 aliphatic rings. The molecule has 2 nitrogen and oxygen atoms in total. The van der Waals surface area contributed by atoms with E-state index in [1.165, 1.54) is 34.7 Å². The highest BCUT2D eigenvalue weighted by atomic mass is 32.1. The lowest BCUT2D eigenvalue weighted by Crippen LogP contribution is -2.45. The van der Waals surface area contributed by atoms with Crippen molar-refractivity contribution in [2.75, 3.05) is 13.6 Å². The molecule has 0 spiro atoms. The van der Waals surface area contributed by atoms with Gasteiger partial charge in [0.25, 0.3) is 0 Å². The fourth-order valence-corrected chi connectivity index (χ4v) is 3.46. The first-order chi connectivity index (χ1) is 8.06. The number of aryl methyl sites for hydroxylation is 2. The van der Waals surface area contributed by atoms with Gasteiger partial charge < -0.3 is 10.2 Å². The topological polar surface area (TPSA) is 15.3 Å². The van der Waals surface area contributed by atoms with Crippen LogP contribution >= 0.6 is 11.3 Å². The monoisotopic (exact) mass is 252 g/mol. The van der Waals surface area contributed by atoms with Gasteiger partial charge >= 0.3 is 0 Å². The van der Waals surface area contributed by atoms with Crippen molar-refractivity contribution in [3.8, 4) is 0 Å². The molecule has 1 saturated heterocycles. The van der Waals surface area contributed by atoms with Crippen LogP contribution in [0, 0.1) is 13.8 Å². The first-order valence-electron chi connectivity index (χ1n) is 6.56. The summed E-state index contributed by atoms with van der Waals surface area (Å²) in [5, 5.41) is 3.71. The molecule has 96 valence electrons. The Hall–Kier alpha value is -0.380. The van der Waals surface area contributed by atoms with Crippen LogP contribution in [0.15, 0.2) is 6.07 Å². The molecule has 2 unspecified atom stereocenters. The molecule has 0 amide bonds. The van der Waals surface area contributed by atoms with Crippen LogP contribution in [0.4, 0.5) is 0 Å². The van der Waals surface area contributed by atoms with E-state index in [1.54, 1.807) is 0 Å². The van der Waals surface area contributed by atoms with Gasteiger partial charge in [-0.05, 0) is 58.8 Å². The van der Waals surface area contributed by atoms with Crippen molar-refractivity contribution in [1.29, 1.82) is 0 Å². The van der Waals surface area contributed by atoms with Crippen molar-refractivity contribution >= 4 is 11.3 Å². The molecule has 3 heteroatoms. The molecule has 0 radical (unpaired) electrons. The summed E-state index contributed by atoms with van der Waals surface area (Å²) in [4.78, 5) is 5.39. The molecule has 2 rings (SSSR count). The average Bonchev–Trinajstić information content (AvgIpc) is 2.60. The Morgan fingerprint density at radius 3 is 2.82 bits per heavy atom. The molecule has 2 heterocycles. The minimum Gasteiger partial charge on any atom is -0.309 e. The van der Waals surface area contributed by atoms with Gasteiger partial charge in [0.05, 0.1) is 0 Å². The van der Waals surface area contributed by atoms with E-state index in [1.807, 2.05) is 11.3 Å². The van der Waals surface area contributed by atoms with Crippen LogP contribution < -0.4 is 5.32 Å². The summed E-state index contributed by atoms with van der Waals surface area (Å²) in [7, 11) is 2.23. The molecule has 0 bridgehead atoms. The maximum Gasteiger partial charge on any atom is 0.0302 e. The van der Waals surface area contributed by atoms with Crippen LogP contribution in [-0.4, -0.2) is 30.6 Å². The van der Waals surface area contributed by atoms with Gasteiger partial charge in [-0.1, -0.05) is 0 Å². The lowest BCUT2D eigenvalue weighted by Gasteiger charge is -2.35. The minimum absolute atomic E-state index is 0.698. The Balaban J connectivity index is 1.82. The Labute approximate surface area is 109 Å². The number of hydrogen-bond acceptors (Lipinski definition) is 3. The third kappa shape index (κ3) is 3.30. The second kappa shape index (κ2) is 5.51. The van der Waals surface area contributed by atoms with Gasteiger partial charge in [0.15, 0.2) is 0 Å². The quantitative estimate of drug-likeness (QED) is 0.890. The van der Waals surface area contributed by atoms with Crippen molar-refractivity contribution in [1.82, 2.24) is 10.2 Å². The van der Waals surface area contributed by atoms with E-state index in [4.69, 9.17) is 0 Å². The van der Waals surface area contributed by atoms with E-state index in [-0.39, 0.29) is 0 Å². The summed E-state index contributed by atoms with van der Waals surface area (Å²) in [6, 6.07) is 3.74. The second-order valence-electron chi connectivity index (χ2n) is 5.38. The fraction of sp³-hybridized carbons (Fsp3) is 0.714. The van der Waals surface area contributed by atoms with Crippen LogP contribution in [0.25, 0.3) is 0 Å². The highest BCUT2D eigenvalue weighted by Gasteiger charge is 2.22. The van der Waals surface area contributed by atoms with E-state index in [2.05, 4.69) is 44.1 Å². The molecule has 0 aromatic carbocycles. The van der Waals surface area contributed by atoms with Crippen LogP contribution in [-0.2, 0) is 6.54 Å². The number of likely N-dealkylation sites (tertiary alicyclic amines) is 1. The maximum absolute atomic E-state index is 3.71. The van der Waals surface area contributed by atoms with Crippen molar-refractivity contribution < 1.29 is 0 Å². The minimum atomic E-state index is 0.698. The molecule has 1 fully saturated rings. The highest BCUT2D eigenvalue weighted by molar-refractivity contribution is 7.12. The van der Waals surface area contributed by atoms with Crippen molar-refractivity contribution in [3.05, 3.63) is 21.4 Å². The Morgan fingerprint density at radius 1 is 1.47 bits per heavy atom. The van der Waals surface area contributed by atoms with E-state index < -0.39 is 0 Å². The zero-order valence-corrected chi connectivity index (χ0v) is 12.2. The average molecular weight is 252 g/mol. The predicted molar refractivity (Wildman–Crippen MR) is 75.7 cm³/mol. The zero-order valence-electron chi connectivity index (χ0n) is 11.4. The Bertz CT molecular complexity index is 353. The van der Waals surface area contributed by atoms with Gasteiger partial charge in [0.2, 0.25) is 0 Å². The predicted octanol–water partition coefficient (Wildman–Crippen LogP) is 2.94. The third-order valence-corrected chi connectivity index (χ3v) is 5.14. The van der Waals surface area contributed by atoms with Gasteiger partial charge in [-0.2, -0.15) is 0 Å². The molecule has 17 heavy (non-hydrogen) atoms. The number of nitrogens with one attached hydrogen (secondary N) is 1. The van der Waals surface area contributed by atoms with Crippen LogP contribution in [0.1, 0.15) is 35.1 Å². The molecule has 1 N–H and O–H groups in total. The van der Waals surface area contributed by atoms with Crippen LogP contribution in [0.2, 0.25) is 0 Å². The van der Waals surface area contributed by atoms with Crippen LogP contribution in [0.3, 0.4) is 0 Å². The number of hydrogen-bond donors (Lipinski definition) is 1. The summed E-state index contributed by atoms with van der Waals surface area (Å²) in [6.45, 7) is 9.00. The summed E-state index contributed by atoms with van der Waals surface area (Å²) >= 11 is 1.93. The summed E-state index contributed by atoms with van der Waals surface area (Å²) in [5.74, 6) is 0. The second-order valence-corrected chi connectivity index (χ2v) is 6.72. The smallest absolute Gasteiger partial charge is 0.0302 e. The molecule has 1 aromatic rings. The molecule has 0 aliphatic carbocycles. The standard InChI is InChI=1S/C14H24N2S/c1-10-7-14(17-12(10)3)9-15-13-5-6-16(4)11(2)8-13/h7,11,13,15H,5-6,8-9H2,1-4H3. The van der Waals surface area contributed by atoms with Gasteiger partial charge in [-0.15, -0.1) is 11.3 Å². The van der Waals surface area contributed by atoms with Crippen molar-refractivity contribution in [2.24, 2.45) is 0 Å². The number of nitrogens with zero attached hydrogens (tertiary/aromatic N) is 1. The molecule has 1 aliphatic heterocycles. The van der Waals surface area contributed by atoms with Crippen LogP contribution in [0.5, 0.6) is 0 Å².